The van der Waals surface area contributed by atoms with Gasteiger partial charge in [0.15, 0.2) is 0 Å². The van der Waals surface area contributed by atoms with Crippen molar-refractivity contribution < 1.29 is 14.3 Å². The van der Waals surface area contributed by atoms with Crippen molar-refractivity contribution in [2.24, 2.45) is 5.73 Å². The molecule has 1 aromatic rings. The van der Waals surface area contributed by atoms with E-state index in [9.17, 15) is 9.59 Å². The van der Waals surface area contributed by atoms with E-state index in [1.807, 2.05) is 18.2 Å². The first-order valence-corrected chi connectivity index (χ1v) is 6.64. The van der Waals surface area contributed by atoms with Crippen LogP contribution >= 0.6 is 11.6 Å². The third-order valence-corrected chi connectivity index (χ3v) is 3.97. The Morgan fingerprint density at radius 2 is 2.11 bits per heavy atom. The minimum atomic E-state index is -0.871. The van der Waals surface area contributed by atoms with Crippen molar-refractivity contribution in [2.45, 2.75) is 31.1 Å². The number of halogens is 1. The van der Waals surface area contributed by atoms with Crippen molar-refractivity contribution in [3.63, 3.8) is 0 Å². The monoisotopic (exact) mass is 281 g/mol. The number of primary amides is 1. The minimum Gasteiger partial charge on any atom is -0.448 e. The number of ketones is 1. The lowest BCUT2D eigenvalue weighted by Crippen LogP contribution is -2.44. The van der Waals surface area contributed by atoms with Crippen LogP contribution in [-0.2, 0) is 14.9 Å². The van der Waals surface area contributed by atoms with Crippen molar-refractivity contribution in [3.8, 4) is 0 Å². The summed E-state index contributed by atoms with van der Waals surface area (Å²) in [5.74, 6) is 0.0631. The van der Waals surface area contributed by atoms with E-state index in [0.717, 1.165) is 18.4 Å². The molecule has 1 aliphatic carbocycles. The van der Waals surface area contributed by atoms with Crippen LogP contribution in [0.15, 0.2) is 24.3 Å². The molecule has 19 heavy (non-hydrogen) atoms. The minimum absolute atomic E-state index is 0.0368. The highest BCUT2D eigenvalue weighted by atomic mass is 35.5. The second-order valence-corrected chi connectivity index (χ2v) is 5.21. The average Bonchev–Trinajstić information content (AvgIpc) is 2.39. The number of carbonyl (C=O) groups excluding carboxylic acids is 2. The van der Waals surface area contributed by atoms with Crippen LogP contribution in [0.3, 0.4) is 0 Å². The normalized spacial score (nSPS) is 23.1. The summed E-state index contributed by atoms with van der Waals surface area (Å²) in [6.07, 6.45) is 2.00. The van der Waals surface area contributed by atoms with Crippen LogP contribution in [0.5, 0.6) is 0 Å². The molecule has 5 heteroatoms. The van der Waals surface area contributed by atoms with E-state index in [-0.39, 0.29) is 12.4 Å². The standard InChI is InChI=1S/C14H16ClNO3/c15-11-6-2-1-5-10(11)14(9-19-13(16)18)8-4-3-7-12(14)17/h1-2,5-6H,3-4,7-9H2,(H2,16,18)/t14-/m1/s1. The molecular weight excluding hydrogens is 266 g/mol. The number of benzene rings is 1. The summed E-state index contributed by atoms with van der Waals surface area (Å²) in [5, 5.41) is 0.519. The molecule has 1 aliphatic rings. The molecule has 4 nitrogen and oxygen atoms in total. The van der Waals surface area contributed by atoms with E-state index in [1.54, 1.807) is 6.07 Å². The number of nitrogens with two attached hydrogens (primary N) is 1. The fourth-order valence-corrected chi connectivity index (χ4v) is 2.97. The fraction of sp³-hybridized carbons (Fsp3) is 0.429. The zero-order valence-corrected chi connectivity index (χ0v) is 11.3. The number of rotatable bonds is 3. The Kier molecular flexibility index (Phi) is 4.10. The molecule has 1 atom stereocenters. The first-order valence-electron chi connectivity index (χ1n) is 6.27. The molecule has 0 radical (unpaired) electrons. The molecule has 1 amide bonds. The van der Waals surface area contributed by atoms with Gasteiger partial charge in [-0.3, -0.25) is 4.79 Å². The van der Waals surface area contributed by atoms with Crippen LogP contribution in [0, 0.1) is 0 Å². The first kappa shape index (κ1) is 13.9. The molecule has 2 N–H and O–H groups in total. The van der Waals surface area contributed by atoms with Gasteiger partial charge in [-0.15, -0.1) is 0 Å². The summed E-state index contributed by atoms with van der Waals surface area (Å²) in [6.45, 7) is -0.0368. The van der Waals surface area contributed by atoms with Gasteiger partial charge in [0.1, 0.15) is 12.4 Å². The highest BCUT2D eigenvalue weighted by molar-refractivity contribution is 6.31. The molecule has 0 saturated heterocycles. The van der Waals surface area contributed by atoms with Crippen LogP contribution in [-0.4, -0.2) is 18.5 Å². The molecule has 0 aromatic heterocycles. The average molecular weight is 282 g/mol. The second kappa shape index (κ2) is 5.61. The number of ether oxygens (including phenoxy) is 1. The van der Waals surface area contributed by atoms with E-state index in [2.05, 4.69) is 0 Å². The van der Waals surface area contributed by atoms with E-state index >= 15 is 0 Å². The van der Waals surface area contributed by atoms with Gasteiger partial charge in [0.2, 0.25) is 0 Å². The summed E-state index contributed by atoms with van der Waals surface area (Å²) in [4.78, 5) is 23.3. The Morgan fingerprint density at radius 1 is 1.37 bits per heavy atom. The summed E-state index contributed by atoms with van der Waals surface area (Å²) in [5.41, 5.74) is 4.91. The third kappa shape index (κ3) is 2.73. The largest absolute Gasteiger partial charge is 0.448 e. The quantitative estimate of drug-likeness (QED) is 0.926. The maximum atomic E-state index is 12.4. The van der Waals surface area contributed by atoms with Gasteiger partial charge in [0.05, 0.1) is 5.41 Å². The summed E-state index contributed by atoms with van der Waals surface area (Å²) in [7, 11) is 0. The topological polar surface area (TPSA) is 69.4 Å². The number of Topliss-reactive ketones (excluding diaryl/α,β-unsaturated/α-hetero) is 1. The first-order chi connectivity index (χ1) is 9.06. The molecule has 102 valence electrons. The second-order valence-electron chi connectivity index (χ2n) is 4.80. The van der Waals surface area contributed by atoms with Gasteiger partial charge < -0.3 is 10.5 Å². The van der Waals surface area contributed by atoms with E-state index < -0.39 is 11.5 Å². The SMILES string of the molecule is NC(=O)OC[C@@]1(c2ccccc2Cl)CCCCC1=O. The van der Waals surface area contributed by atoms with Crippen molar-refractivity contribution in [3.05, 3.63) is 34.9 Å². The van der Waals surface area contributed by atoms with Gasteiger partial charge in [-0.1, -0.05) is 36.2 Å². The van der Waals surface area contributed by atoms with Gasteiger partial charge >= 0.3 is 6.09 Å². The van der Waals surface area contributed by atoms with Gasteiger partial charge in [-0.2, -0.15) is 0 Å². The molecule has 0 bridgehead atoms. The molecule has 0 unspecified atom stereocenters. The van der Waals surface area contributed by atoms with E-state index in [0.29, 0.717) is 17.9 Å². The number of carbonyl (C=O) groups is 2. The predicted octanol–water partition coefficient (Wildman–Crippen LogP) is 2.82. The van der Waals surface area contributed by atoms with Crippen LogP contribution in [0.25, 0.3) is 0 Å². The fourth-order valence-electron chi connectivity index (χ4n) is 2.65. The molecule has 1 aromatic carbocycles. The Labute approximate surface area is 116 Å². The zero-order valence-electron chi connectivity index (χ0n) is 10.5. The molecular formula is C14H16ClNO3. The molecule has 0 spiro atoms. The molecule has 0 aliphatic heterocycles. The smallest absolute Gasteiger partial charge is 0.404 e. The highest BCUT2D eigenvalue weighted by Gasteiger charge is 2.43. The lowest BCUT2D eigenvalue weighted by atomic mass is 9.69. The maximum absolute atomic E-state index is 12.4. The number of hydrogen-bond donors (Lipinski definition) is 1. The molecule has 1 fully saturated rings. The Morgan fingerprint density at radius 3 is 2.74 bits per heavy atom. The summed E-state index contributed by atoms with van der Waals surface area (Å²) in [6, 6.07) is 7.19. The van der Waals surface area contributed by atoms with Crippen LogP contribution in [0.2, 0.25) is 5.02 Å². The molecule has 1 saturated carbocycles. The van der Waals surface area contributed by atoms with Gasteiger partial charge in [0.25, 0.3) is 0 Å². The van der Waals surface area contributed by atoms with Crippen LogP contribution in [0.4, 0.5) is 4.79 Å². The summed E-state index contributed by atoms with van der Waals surface area (Å²) >= 11 is 6.20. The van der Waals surface area contributed by atoms with E-state index in [4.69, 9.17) is 22.1 Å². The Hall–Kier alpha value is -1.55. The van der Waals surface area contributed by atoms with Crippen molar-refractivity contribution in [2.75, 3.05) is 6.61 Å². The molecule has 0 heterocycles. The van der Waals surface area contributed by atoms with Gasteiger partial charge in [0, 0.05) is 11.4 Å². The maximum Gasteiger partial charge on any atom is 0.404 e. The van der Waals surface area contributed by atoms with Crippen molar-refractivity contribution in [1.82, 2.24) is 0 Å². The van der Waals surface area contributed by atoms with Crippen molar-refractivity contribution in [1.29, 1.82) is 0 Å². The Bertz CT molecular complexity index is 503. The number of hydrogen-bond acceptors (Lipinski definition) is 3. The molecule has 2 rings (SSSR count). The number of amides is 1. The lowest BCUT2D eigenvalue weighted by molar-refractivity contribution is -0.128. The highest BCUT2D eigenvalue weighted by Crippen LogP contribution is 2.40. The zero-order chi connectivity index (χ0) is 13.9. The summed E-state index contributed by atoms with van der Waals surface area (Å²) < 4.78 is 4.92. The third-order valence-electron chi connectivity index (χ3n) is 3.64. The lowest BCUT2D eigenvalue weighted by Gasteiger charge is -2.36. The van der Waals surface area contributed by atoms with Crippen LogP contribution in [0.1, 0.15) is 31.2 Å². The van der Waals surface area contributed by atoms with Gasteiger partial charge in [-0.25, -0.2) is 4.79 Å². The van der Waals surface area contributed by atoms with E-state index in [1.165, 1.54) is 0 Å². The van der Waals surface area contributed by atoms with Crippen molar-refractivity contribution >= 4 is 23.5 Å². The van der Waals surface area contributed by atoms with Gasteiger partial charge in [-0.05, 0) is 24.5 Å². The van der Waals surface area contributed by atoms with Crippen LogP contribution < -0.4 is 5.73 Å². The predicted molar refractivity (Wildman–Crippen MR) is 72.1 cm³/mol. The Balaban J connectivity index is 2.41.